The molecule has 7 heteroatoms. The van der Waals surface area contributed by atoms with E-state index in [1.165, 1.54) is 0 Å². The first-order valence-electron chi connectivity index (χ1n) is 7.73. The van der Waals surface area contributed by atoms with E-state index in [1.807, 2.05) is 20.8 Å². The van der Waals surface area contributed by atoms with Crippen molar-refractivity contribution >= 4 is 0 Å². The first-order chi connectivity index (χ1) is 10.6. The SMILES string of the molecule is Cc1cnc(C2NCCOC2OCC(O)CNC(C)C)cn1. The third-order valence-electron chi connectivity index (χ3n) is 3.35. The van der Waals surface area contributed by atoms with Crippen LogP contribution in [0.2, 0.25) is 0 Å². The van der Waals surface area contributed by atoms with Gasteiger partial charge in [0, 0.05) is 25.3 Å². The first kappa shape index (κ1) is 17.2. The zero-order chi connectivity index (χ0) is 15.9. The molecule has 0 aliphatic carbocycles. The predicted octanol–water partition coefficient (Wildman–Crippen LogP) is 0.148. The Morgan fingerprint density at radius 3 is 2.95 bits per heavy atom. The molecular formula is C15H26N4O3. The topological polar surface area (TPSA) is 88.5 Å². The summed E-state index contributed by atoms with van der Waals surface area (Å²) in [5, 5.41) is 16.4. The van der Waals surface area contributed by atoms with Gasteiger partial charge in [-0.15, -0.1) is 0 Å². The predicted molar refractivity (Wildman–Crippen MR) is 82.4 cm³/mol. The van der Waals surface area contributed by atoms with Crippen molar-refractivity contribution in [1.82, 2.24) is 20.6 Å². The lowest BCUT2D eigenvalue weighted by molar-refractivity contribution is -0.189. The van der Waals surface area contributed by atoms with E-state index in [4.69, 9.17) is 9.47 Å². The van der Waals surface area contributed by atoms with E-state index in [2.05, 4.69) is 20.6 Å². The van der Waals surface area contributed by atoms with Crippen LogP contribution in [0.15, 0.2) is 12.4 Å². The van der Waals surface area contributed by atoms with Crippen molar-refractivity contribution in [2.24, 2.45) is 0 Å². The smallest absolute Gasteiger partial charge is 0.178 e. The first-order valence-corrected chi connectivity index (χ1v) is 7.73. The molecule has 1 aliphatic rings. The minimum atomic E-state index is -0.572. The molecule has 0 amide bonds. The van der Waals surface area contributed by atoms with E-state index in [1.54, 1.807) is 12.4 Å². The maximum absolute atomic E-state index is 9.93. The minimum Gasteiger partial charge on any atom is -0.389 e. The Balaban J connectivity index is 1.88. The van der Waals surface area contributed by atoms with Crippen molar-refractivity contribution in [3.63, 3.8) is 0 Å². The molecule has 0 bridgehead atoms. The van der Waals surface area contributed by atoms with E-state index in [9.17, 15) is 5.11 Å². The molecule has 0 spiro atoms. The molecule has 1 aromatic rings. The van der Waals surface area contributed by atoms with Crippen LogP contribution in [0.3, 0.4) is 0 Å². The number of nitrogens with zero attached hydrogens (tertiary/aromatic N) is 2. The molecule has 1 aromatic heterocycles. The van der Waals surface area contributed by atoms with Gasteiger partial charge in [-0.2, -0.15) is 0 Å². The van der Waals surface area contributed by atoms with Crippen LogP contribution in [0.25, 0.3) is 0 Å². The summed E-state index contributed by atoms with van der Waals surface area (Å²) >= 11 is 0. The van der Waals surface area contributed by atoms with Gasteiger partial charge in [-0.1, -0.05) is 13.8 Å². The Labute approximate surface area is 131 Å². The normalized spacial score (nSPS) is 23.7. The minimum absolute atomic E-state index is 0.174. The molecule has 0 aromatic carbocycles. The molecule has 3 N–H and O–H groups in total. The average Bonchev–Trinajstić information content (AvgIpc) is 2.52. The monoisotopic (exact) mass is 310 g/mol. The quantitative estimate of drug-likeness (QED) is 0.660. The van der Waals surface area contributed by atoms with Crippen molar-refractivity contribution in [3.05, 3.63) is 23.8 Å². The number of aliphatic hydroxyl groups excluding tert-OH is 1. The number of aromatic nitrogens is 2. The summed E-state index contributed by atoms with van der Waals surface area (Å²) in [7, 11) is 0. The highest BCUT2D eigenvalue weighted by atomic mass is 16.7. The average molecular weight is 310 g/mol. The Morgan fingerprint density at radius 1 is 1.45 bits per heavy atom. The summed E-state index contributed by atoms with van der Waals surface area (Å²) in [6.07, 6.45) is 2.41. The van der Waals surface area contributed by atoms with Gasteiger partial charge in [-0.3, -0.25) is 9.97 Å². The van der Waals surface area contributed by atoms with Crippen molar-refractivity contribution in [2.45, 2.75) is 45.2 Å². The van der Waals surface area contributed by atoms with E-state index < -0.39 is 12.4 Å². The van der Waals surface area contributed by atoms with Gasteiger partial charge in [0.1, 0.15) is 6.04 Å². The highest BCUT2D eigenvalue weighted by Gasteiger charge is 2.29. The second-order valence-electron chi connectivity index (χ2n) is 5.80. The van der Waals surface area contributed by atoms with E-state index in [0.29, 0.717) is 19.2 Å². The van der Waals surface area contributed by atoms with Crippen molar-refractivity contribution in [1.29, 1.82) is 0 Å². The summed E-state index contributed by atoms with van der Waals surface area (Å²) in [6.45, 7) is 7.97. The molecule has 1 aliphatic heterocycles. The number of ether oxygens (including phenoxy) is 2. The fourth-order valence-corrected chi connectivity index (χ4v) is 2.17. The fraction of sp³-hybridized carbons (Fsp3) is 0.733. The second kappa shape index (κ2) is 8.50. The molecule has 3 atom stereocenters. The van der Waals surface area contributed by atoms with E-state index in [0.717, 1.165) is 17.9 Å². The molecule has 0 saturated carbocycles. The van der Waals surface area contributed by atoms with Crippen LogP contribution in [-0.2, 0) is 9.47 Å². The summed E-state index contributed by atoms with van der Waals surface area (Å²) in [6, 6.07) is 0.157. The molecular weight excluding hydrogens is 284 g/mol. The Hall–Kier alpha value is -1.12. The number of aliphatic hydroxyl groups is 1. The third kappa shape index (κ3) is 5.26. The van der Waals surface area contributed by atoms with Crippen LogP contribution in [0.5, 0.6) is 0 Å². The number of aryl methyl sites for hydroxylation is 1. The number of rotatable bonds is 7. The Bertz CT molecular complexity index is 441. The Morgan fingerprint density at radius 2 is 2.27 bits per heavy atom. The van der Waals surface area contributed by atoms with Crippen LogP contribution in [0.1, 0.15) is 31.3 Å². The zero-order valence-corrected chi connectivity index (χ0v) is 13.5. The lowest BCUT2D eigenvalue weighted by Gasteiger charge is -2.32. The summed E-state index contributed by atoms with van der Waals surface area (Å²) in [4.78, 5) is 8.64. The summed E-state index contributed by atoms with van der Waals surface area (Å²) < 4.78 is 11.4. The number of hydrogen-bond acceptors (Lipinski definition) is 7. The van der Waals surface area contributed by atoms with Gasteiger partial charge in [0.2, 0.25) is 0 Å². The highest BCUT2D eigenvalue weighted by Crippen LogP contribution is 2.21. The lowest BCUT2D eigenvalue weighted by atomic mass is 10.2. The fourth-order valence-electron chi connectivity index (χ4n) is 2.17. The molecule has 1 saturated heterocycles. The molecule has 1 fully saturated rings. The zero-order valence-electron chi connectivity index (χ0n) is 13.5. The van der Waals surface area contributed by atoms with Crippen molar-refractivity contribution in [2.75, 3.05) is 26.3 Å². The molecule has 2 rings (SSSR count). The van der Waals surface area contributed by atoms with Gasteiger partial charge in [0.15, 0.2) is 6.29 Å². The second-order valence-corrected chi connectivity index (χ2v) is 5.80. The number of nitrogens with one attached hydrogen (secondary N) is 2. The van der Waals surface area contributed by atoms with Crippen LogP contribution in [-0.4, -0.2) is 59.8 Å². The maximum Gasteiger partial charge on any atom is 0.178 e. The van der Waals surface area contributed by atoms with Gasteiger partial charge in [-0.25, -0.2) is 0 Å². The van der Waals surface area contributed by atoms with Crippen molar-refractivity contribution in [3.8, 4) is 0 Å². The number of hydrogen-bond donors (Lipinski definition) is 3. The molecule has 0 radical (unpaired) electrons. The Kier molecular flexibility index (Phi) is 6.66. The van der Waals surface area contributed by atoms with Crippen LogP contribution < -0.4 is 10.6 Å². The van der Waals surface area contributed by atoms with E-state index >= 15 is 0 Å². The van der Waals surface area contributed by atoms with Crippen LogP contribution in [0.4, 0.5) is 0 Å². The lowest BCUT2D eigenvalue weighted by Crippen LogP contribution is -2.45. The molecule has 3 unspecified atom stereocenters. The third-order valence-corrected chi connectivity index (χ3v) is 3.35. The van der Waals surface area contributed by atoms with Gasteiger partial charge in [0.05, 0.1) is 36.9 Å². The van der Waals surface area contributed by atoms with Gasteiger partial charge >= 0.3 is 0 Å². The highest BCUT2D eigenvalue weighted by molar-refractivity contribution is 5.07. The van der Waals surface area contributed by atoms with E-state index in [-0.39, 0.29) is 12.6 Å². The molecule has 124 valence electrons. The molecule has 2 heterocycles. The van der Waals surface area contributed by atoms with Gasteiger partial charge in [-0.05, 0) is 6.92 Å². The van der Waals surface area contributed by atoms with Gasteiger partial charge in [0.25, 0.3) is 0 Å². The molecule has 22 heavy (non-hydrogen) atoms. The van der Waals surface area contributed by atoms with Crippen LogP contribution >= 0.6 is 0 Å². The molecule has 7 nitrogen and oxygen atoms in total. The number of morpholine rings is 1. The van der Waals surface area contributed by atoms with Crippen LogP contribution in [0, 0.1) is 6.92 Å². The van der Waals surface area contributed by atoms with Crippen molar-refractivity contribution < 1.29 is 14.6 Å². The largest absolute Gasteiger partial charge is 0.389 e. The van der Waals surface area contributed by atoms with Gasteiger partial charge < -0.3 is 25.2 Å². The standard InChI is InChI=1S/C15H26N4O3/c1-10(2)17-7-12(20)9-22-15-14(16-4-5-21-15)13-8-18-11(3)6-19-13/h6,8,10,12,14-17,20H,4-5,7,9H2,1-3H3. The summed E-state index contributed by atoms with van der Waals surface area (Å²) in [5.41, 5.74) is 1.65. The maximum atomic E-state index is 9.93. The summed E-state index contributed by atoms with van der Waals surface area (Å²) in [5.74, 6) is 0.